The standard InChI is InChI=1S/C19H25N3O2/c1-13(2)24-17-6-4-5-15(9-17)10-19(23)21-16-7-8-18-20-14(3)11-22(18)12-16/h4-6,9,11,13,16H,7-8,10,12H2,1-3H3,(H,21,23)/t16-/m0/s1. The van der Waals surface area contributed by atoms with Gasteiger partial charge in [0.1, 0.15) is 11.6 Å². The summed E-state index contributed by atoms with van der Waals surface area (Å²) < 4.78 is 7.84. The highest BCUT2D eigenvalue weighted by Gasteiger charge is 2.21. The van der Waals surface area contributed by atoms with E-state index in [2.05, 4.69) is 21.1 Å². The van der Waals surface area contributed by atoms with Gasteiger partial charge in [-0.2, -0.15) is 0 Å². The molecule has 2 aromatic rings. The summed E-state index contributed by atoms with van der Waals surface area (Å²) in [6.07, 6.45) is 4.42. The van der Waals surface area contributed by atoms with Gasteiger partial charge in [0.05, 0.1) is 18.2 Å². The molecule has 1 aromatic carbocycles. The summed E-state index contributed by atoms with van der Waals surface area (Å²) in [5.41, 5.74) is 2.01. The molecule has 1 aliphatic rings. The van der Waals surface area contributed by atoms with Crippen LogP contribution in [0.2, 0.25) is 0 Å². The molecule has 0 radical (unpaired) electrons. The number of benzene rings is 1. The third-order valence-electron chi connectivity index (χ3n) is 4.11. The van der Waals surface area contributed by atoms with E-state index in [-0.39, 0.29) is 18.1 Å². The van der Waals surface area contributed by atoms with Crippen LogP contribution < -0.4 is 10.1 Å². The summed E-state index contributed by atoms with van der Waals surface area (Å²) in [4.78, 5) is 16.9. The number of amides is 1. The molecule has 1 N–H and O–H groups in total. The van der Waals surface area contributed by atoms with Gasteiger partial charge >= 0.3 is 0 Å². The van der Waals surface area contributed by atoms with Crippen LogP contribution in [0.15, 0.2) is 30.5 Å². The highest BCUT2D eigenvalue weighted by atomic mass is 16.5. The van der Waals surface area contributed by atoms with Crippen molar-refractivity contribution >= 4 is 5.91 Å². The van der Waals surface area contributed by atoms with Gasteiger partial charge in [0.25, 0.3) is 0 Å². The molecule has 1 aromatic heterocycles. The number of hydrogen-bond acceptors (Lipinski definition) is 3. The van der Waals surface area contributed by atoms with Gasteiger partial charge in [0, 0.05) is 25.2 Å². The van der Waals surface area contributed by atoms with E-state index >= 15 is 0 Å². The molecule has 5 heteroatoms. The Morgan fingerprint density at radius 1 is 1.46 bits per heavy atom. The fourth-order valence-corrected chi connectivity index (χ4v) is 3.17. The zero-order valence-corrected chi connectivity index (χ0v) is 14.6. The SMILES string of the molecule is Cc1cn2c(n1)CC[C@H](NC(=O)Cc1cccc(OC(C)C)c1)C2. The number of ether oxygens (including phenoxy) is 1. The van der Waals surface area contributed by atoms with Gasteiger partial charge in [-0.1, -0.05) is 12.1 Å². The first kappa shape index (κ1) is 16.6. The molecule has 0 saturated carbocycles. The first-order valence-corrected chi connectivity index (χ1v) is 8.57. The molecule has 128 valence electrons. The number of aryl methyl sites for hydroxylation is 2. The van der Waals surface area contributed by atoms with Gasteiger partial charge < -0.3 is 14.6 Å². The third kappa shape index (κ3) is 4.16. The van der Waals surface area contributed by atoms with Crippen molar-refractivity contribution in [2.75, 3.05) is 0 Å². The van der Waals surface area contributed by atoms with Gasteiger partial charge in [0.15, 0.2) is 0 Å². The number of fused-ring (bicyclic) bond motifs is 1. The van der Waals surface area contributed by atoms with Crippen molar-refractivity contribution in [3.05, 3.63) is 47.5 Å². The molecule has 2 heterocycles. The van der Waals surface area contributed by atoms with E-state index in [1.54, 1.807) is 0 Å². The molecule has 1 amide bonds. The van der Waals surface area contributed by atoms with Crippen molar-refractivity contribution in [1.82, 2.24) is 14.9 Å². The molecule has 24 heavy (non-hydrogen) atoms. The summed E-state index contributed by atoms with van der Waals surface area (Å²) in [5.74, 6) is 1.99. The second-order valence-electron chi connectivity index (χ2n) is 6.74. The molecular weight excluding hydrogens is 302 g/mol. The van der Waals surface area contributed by atoms with Crippen molar-refractivity contribution in [1.29, 1.82) is 0 Å². The summed E-state index contributed by atoms with van der Waals surface area (Å²) in [6.45, 7) is 6.80. The lowest BCUT2D eigenvalue weighted by atomic mass is 10.1. The molecule has 0 spiro atoms. The van der Waals surface area contributed by atoms with Crippen molar-refractivity contribution in [3.63, 3.8) is 0 Å². The predicted molar refractivity (Wildman–Crippen MR) is 93.1 cm³/mol. The van der Waals surface area contributed by atoms with Gasteiger partial charge in [0.2, 0.25) is 5.91 Å². The normalized spacial score (nSPS) is 16.8. The van der Waals surface area contributed by atoms with Crippen LogP contribution in [0.3, 0.4) is 0 Å². The van der Waals surface area contributed by atoms with Crippen LogP contribution in [-0.4, -0.2) is 27.6 Å². The van der Waals surface area contributed by atoms with Crippen molar-refractivity contribution in [2.24, 2.45) is 0 Å². The maximum atomic E-state index is 12.4. The van der Waals surface area contributed by atoms with E-state index in [9.17, 15) is 4.79 Å². The molecule has 1 atom stereocenters. The zero-order valence-electron chi connectivity index (χ0n) is 14.6. The van der Waals surface area contributed by atoms with Crippen molar-refractivity contribution < 1.29 is 9.53 Å². The molecule has 3 rings (SSSR count). The van der Waals surface area contributed by atoms with E-state index < -0.39 is 0 Å². The summed E-state index contributed by atoms with van der Waals surface area (Å²) in [5, 5.41) is 3.15. The van der Waals surface area contributed by atoms with Gasteiger partial charge in [-0.05, 0) is 44.9 Å². The molecule has 0 saturated heterocycles. The number of nitrogens with zero attached hydrogens (tertiary/aromatic N) is 2. The molecule has 0 fully saturated rings. The third-order valence-corrected chi connectivity index (χ3v) is 4.11. The van der Waals surface area contributed by atoms with E-state index in [1.807, 2.05) is 45.0 Å². The highest BCUT2D eigenvalue weighted by Crippen LogP contribution is 2.17. The van der Waals surface area contributed by atoms with E-state index in [1.165, 1.54) is 0 Å². The second kappa shape index (κ2) is 7.07. The average Bonchev–Trinajstić information content (AvgIpc) is 2.86. The lowest BCUT2D eigenvalue weighted by molar-refractivity contribution is -0.121. The molecule has 0 aliphatic carbocycles. The van der Waals surface area contributed by atoms with E-state index in [4.69, 9.17) is 4.74 Å². The highest BCUT2D eigenvalue weighted by molar-refractivity contribution is 5.79. The van der Waals surface area contributed by atoms with Crippen LogP contribution in [0.1, 0.15) is 37.4 Å². The maximum absolute atomic E-state index is 12.4. The lowest BCUT2D eigenvalue weighted by Crippen LogP contribution is -2.41. The minimum atomic E-state index is 0.0574. The largest absolute Gasteiger partial charge is 0.491 e. The number of imidazole rings is 1. The Morgan fingerprint density at radius 2 is 2.29 bits per heavy atom. The van der Waals surface area contributed by atoms with Gasteiger partial charge in [-0.3, -0.25) is 4.79 Å². The minimum Gasteiger partial charge on any atom is -0.491 e. The number of nitrogens with one attached hydrogen (secondary N) is 1. The number of aromatic nitrogens is 2. The summed E-state index contributed by atoms with van der Waals surface area (Å²) in [6, 6.07) is 7.93. The molecule has 0 bridgehead atoms. The van der Waals surface area contributed by atoms with Crippen LogP contribution in [-0.2, 0) is 24.2 Å². The van der Waals surface area contributed by atoms with Crippen LogP contribution in [0, 0.1) is 6.92 Å². The Morgan fingerprint density at radius 3 is 3.08 bits per heavy atom. The summed E-state index contributed by atoms with van der Waals surface area (Å²) in [7, 11) is 0. The first-order valence-electron chi connectivity index (χ1n) is 8.57. The van der Waals surface area contributed by atoms with Gasteiger partial charge in [-0.25, -0.2) is 4.98 Å². The summed E-state index contributed by atoms with van der Waals surface area (Å²) >= 11 is 0. The topological polar surface area (TPSA) is 56.2 Å². The Bertz CT molecular complexity index is 721. The Kier molecular flexibility index (Phi) is 4.88. The predicted octanol–water partition coefficient (Wildman–Crippen LogP) is 2.65. The Hall–Kier alpha value is -2.30. The Labute approximate surface area is 143 Å². The first-order chi connectivity index (χ1) is 11.5. The van der Waals surface area contributed by atoms with Crippen LogP contribution >= 0.6 is 0 Å². The van der Waals surface area contributed by atoms with Crippen LogP contribution in [0.25, 0.3) is 0 Å². The maximum Gasteiger partial charge on any atom is 0.224 e. The van der Waals surface area contributed by atoms with Gasteiger partial charge in [-0.15, -0.1) is 0 Å². The van der Waals surface area contributed by atoms with Crippen LogP contribution in [0.5, 0.6) is 5.75 Å². The fraction of sp³-hybridized carbons (Fsp3) is 0.474. The molecular formula is C19H25N3O2. The van der Waals surface area contributed by atoms with E-state index in [0.717, 1.165) is 42.2 Å². The number of carbonyl (C=O) groups excluding carboxylic acids is 1. The molecule has 5 nitrogen and oxygen atoms in total. The smallest absolute Gasteiger partial charge is 0.224 e. The quantitative estimate of drug-likeness (QED) is 0.918. The Balaban J connectivity index is 1.56. The monoisotopic (exact) mass is 327 g/mol. The van der Waals surface area contributed by atoms with Crippen LogP contribution in [0.4, 0.5) is 0 Å². The lowest BCUT2D eigenvalue weighted by Gasteiger charge is -2.24. The van der Waals surface area contributed by atoms with Crippen molar-refractivity contribution in [2.45, 2.75) is 58.7 Å². The molecule has 1 aliphatic heterocycles. The van der Waals surface area contributed by atoms with Crippen molar-refractivity contribution in [3.8, 4) is 5.75 Å². The minimum absolute atomic E-state index is 0.0574. The van der Waals surface area contributed by atoms with E-state index in [0.29, 0.717) is 6.42 Å². The number of rotatable bonds is 5. The number of hydrogen-bond donors (Lipinski definition) is 1. The number of carbonyl (C=O) groups is 1. The molecule has 0 unspecified atom stereocenters. The second-order valence-corrected chi connectivity index (χ2v) is 6.74. The fourth-order valence-electron chi connectivity index (χ4n) is 3.17. The average molecular weight is 327 g/mol. The zero-order chi connectivity index (χ0) is 17.1.